The SMILES string of the molecule is Cc1cc(C)cc(N2C(=O)C3ON(c4ccccc4)C(c4ccc(OCc5ccccc5)cc4)C3C2=O)c1. The molecule has 0 saturated carbocycles. The first-order valence-corrected chi connectivity index (χ1v) is 12.7. The van der Waals surface area contributed by atoms with Crippen molar-refractivity contribution in [3.8, 4) is 5.75 Å². The first-order chi connectivity index (χ1) is 18.5. The Bertz CT molecular complexity index is 1450. The van der Waals surface area contributed by atoms with Crippen LogP contribution in [0.25, 0.3) is 0 Å². The van der Waals surface area contributed by atoms with Crippen LogP contribution in [0.15, 0.2) is 103 Å². The Labute approximate surface area is 222 Å². The zero-order valence-corrected chi connectivity index (χ0v) is 21.3. The minimum atomic E-state index is -0.900. The summed E-state index contributed by atoms with van der Waals surface area (Å²) >= 11 is 0. The lowest BCUT2D eigenvalue weighted by Crippen LogP contribution is -2.37. The Morgan fingerprint density at radius 2 is 1.37 bits per heavy atom. The van der Waals surface area contributed by atoms with E-state index in [0.29, 0.717) is 12.3 Å². The molecule has 0 aromatic heterocycles. The summed E-state index contributed by atoms with van der Waals surface area (Å²) in [5.74, 6) is -0.543. The zero-order valence-electron chi connectivity index (χ0n) is 21.3. The molecule has 3 unspecified atom stereocenters. The van der Waals surface area contributed by atoms with Gasteiger partial charge < -0.3 is 4.74 Å². The number of rotatable bonds is 6. The molecule has 0 spiro atoms. The van der Waals surface area contributed by atoms with Gasteiger partial charge in [-0.1, -0.05) is 66.7 Å². The van der Waals surface area contributed by atoms with Crippen molar-refractivity contribution in [1.82, 2.24) is 0 Å². The molecule has 4 aromatic carbocycles. The average molecular weight is 505 g/mol. The highest BCUT2D eigenvalue weighted by Gasteiger charge is 2.60. The number of benzene rings is 4. The summed E-state index contributed by atoms with van der Waals surface area (Å²) in [5, 5.41) is 1.71. The molecule has 2 amide bonds. The van der Waals surface area contributed by atoms with Gasteiger partial charge in [0.2, 0.25) is 5.91 Å². The van der Waals surface area contributed by atoms with E-state index in [1.165, 1.54) is 4.90 Å². The third-order valence-corrected chi connectivity index (χ3v) is 7.06. The molecule has 0 bridgehead atoms. The molecule has 2 aliphatic rings. The number of hydrogen-bond donors (Lipinski definition) is 0. The van der Waals surface area contributed by atoms with Crippen LogP contribution in [0.3, 0.4) is 0 Å². The van der Waals surface area contributed by atoms with Crippen molar-refractivity contribution in [2.24, 2.45) is 5.92 Å². The number of nitrogens with zero attached hydrogens (tertiary/aromatic N) is 2. The molecule has 2 heterocycles. The lowest BCUT2D eigenvalue weighted by atomic mass is 9.90. The van der Waals surface area contributed by atoms with Crippen LogP contribution in [0.1, 0.15) is 28.3 Å². The molecule has 2 fully saturated rings. The molecule has 0 radical (unpaired) electrons. The van der Waals surface area contributed by atoms with Crippen molar-refractivity contribution >= 4 is 23.2 Å². The van der Waals surface area contributed by atoms with Crippen LogP contribution in [0.2, 0.25) is 0 Å². The lowest BCUT2D eigenvalue weighted by Gasteiger charge is -2.29. The number of carbonyl (C=O) groups is 2. The van der Waals surface area contributed by atoms with Gasteiger partial charge in [0.25, 0.3) is 5.91 Å². The molecule has 6 nitrogen and oxygen atoms in total. The van der Waals surface area contributed by atoms with Gasteiger partial charge in [-0.15, -0.1) is 0 Å². The fourth-order valence-electron chi connectivity index (χ4n) is 5.39. The zero-order chi connectivity index (χ0) is 26.2. The van der Waals surface area contributed by atoms with Crippen LogP contribution < -0.4 is 14.7 Å². The van der Waals surface area contributed by atoms with Crippen molar-refractivity contribution in [3.63, 3.8) is 0 Å². The van der Waals surface area contributed by atoms with Crippen molar-refractivity contribution in [1.29, 1.82) is 0 Å². The Morgan fingerprint density at radius 1 is 0.737 bits per heavy atom. The summed E-state index contributed by atoms with van der Waals surface area (Å²) in [7, 11) is 0. The summed E-state index contributed by atoms with van der Waals surface area (Å²) in [6, 6.07) is 32.5. The summed E-state index contributed by atoms with van der Waals surface area (Å²) in [6.45, 7) is 4.38. The van der Waals surface area contributed by atoms with E-state index < -0.39 is 18.1 Å². The van der Waals surface area contributed by atoms with E-state index >= 15 is 0 Å². The van der Waals surface area contributed by atoms with Crippen LogP contribution in [0, 0.1) is 19.8 Å². The number of ether oxygens (including phenoxy) is 1. The molecular formula is C32H28N2O4. The minimum absolute atomic E-state index is 0.252. The molecule has 38 heavy (non-hydrogen) atoms. The largest absolute Gasteiger partial charge is 0.489 e. The summed E-state index contributed by atoms with van der Waals surface area (Å²) < 4.78 is 5.97. The van der Waals surface area contributed by atoms with Crippen molar-refractivity contribution in [3.05, 3.63) is 125 Å². The molecule has 3 atom stereocenters. The standard InChI is InChI=1S/C32H28N2O4/c1-21-17-22(2)19-26(18-21)33-31(35)28-29(34(38-30(28)32(33)36)25-11-7-4-8-12-25)24-13-15-27(16-14-24)37-20-23-9-5-3-6-10-23/h3-19,28-30H,20H2,1-2H3. The third kappa shape index (κ3) is 4.33. The first kappa shape index (κ1) is 23.9. The average Bonchev–Trinajstić information content (AvgIpc) is 3.44. The van der Waals surface area contributed by atoms with Gasteiger partial charge in [0, 0.05) is 0 Å². The number of amides is 2. The minimum Gasteiger partial charge on any atom is -0.489 e. The fraction of sp³-hybridized carbons (Fsp3) is 0.188. The van der Waals surface area contributed by atoms with Crippen molar-refractivity contribution < 1.29 is 19.2 Å². The van der Waals surface area contributed by atoms with E-state index in [1.807, 2.05) is 117 Å². The first-order valence-electron chi connectivity index (χ1n) is 12.7. The third-order valence-electron chi connectivity index (χ3n) is 7.06. The fourth-order valence-corrected chi connectivity index (χ4v) is 5.39. The number of carbonyl (C=O) groups excluding carboxylic acids is 2. The topological polar surface area (TPSA) is 59.1 Å². The maximum Gasteiger partial charge on any atom is 0.266 e. The molecule has 2 aliphatic heterocycles. The second kappa shape index (κ2) is 9.80. The number of para-hydroxylation sites is 1. The molecular weight excluding hydrogens is 476 g/mol. The van der Waals surface area contributed by atoms with Crippen LogP contribution in [-0.2, 0) is 21.0 Å². The molecule has 0 N–H and O–H groups in total. The van der Waals surface area contributed by atoms with Crippen LogP contribution in [0.5, 0.6) is 5.75 Å². The highest BCUT2D eigenvalue weighted by atomic mass is 16.7. The Morgan fingerprint density at radius 3 is 2.03 bits per heavy atom. The van der Waals surface area contributed by atoms with Crippen molar-refractivity contribution in [2.75, 3.05) is 9.96 Å². The smallest absolute Gasteiger partial charge is 0.266 e. The number of hydroxylamine groups is 1. The van der Waals surface area contributed by atoms with Gasteiger partial charge in [-0.3, -0.25) is 14.4 Å². The maximum atomic E-state index is 13.9. The molecule has 190 valence electrons. The van der Waals surface area contributed by atoms with E-state index in [2.05, 4.69) is 0 Å². The van der Waals surface area contributed by atoms with E-state index in [1.54, 1.807) is 5.06 Å². The second-order valence-electron chi connectivity index (χ2n) is 9.86. The number of anilines is 2. The normalized spacial score (nSPS) is 20.6. The Balaban J connectivity index is 1.32. The molecule has 2 saturated heterocycles. The lowest BCUT2D eigenvalue weighted by molar-refractivity contribution is -0.126. The van der Waals surface area contributed by atoms with Gasteiger partial charge in [0.1, 0.15) is 18.3 Å². The summed E-state index contributed by atoms with van der Waals surface area (Å²) in [4.78, 5) is 35.0. The van der Waals surface area contributed by atoms with Crippen LogP contribution >= 0.6 is 0 Å². The number of fused-ring (bicyclic) bond motifs is 1. The number of aryl methyl sites for hydroxylation is 2. The van der Waals surface area contributed by atoms with E-state index in [4.69, 9.17) is 9.57 Å². The van der Waals surface area contributed by atoms with E-state index in [0.717, 1.165) is 33.7 Å². The van der Waals surface area contributed by atoms with Gasteiger partial charge >= 0.3 is 0 Å². The Kier molecular flexibility index (Phi) is 6.18. The summed E-state index contributed by atoms with van der Waals surface area (Å²) in [5.41, 5.74) is 5.32. The molecule has 6 heteroatoms. The maximum absolute atomic E-state index is 13.9. The Hall–Kier alpha value is -4.42. The monoisotopic (exact) mass is 504 g/mol. The van der Waals surface area contributed by atoms with Crippen LogP contribution in [-0.4, -0.2) is 17.9 Å². The highest BCUT2D eigenvalue weighted by molar-refractivity contribution is 6.24. The highest BCUT2D eigenvalue weighted by Crippen LogP contribution is 2.47. The van der Waals surface area contributed by atoms with Gasteiger partial charge in [0.05, 0.1) is 17.4 Å². The predicted octanol–water partition coefficient (Wildman–Crippen LogP) is 5.93. The quantitative estimate of drug-likeness (QED) is 0.305. The van der Waals surface area contributed by atoms with Gasteiger partial charge in [0.15, 0.2) is 6.10 Å². The predicted molar refractivity (Wildman–Crippen MR) is 146 cm³/mol. The van der Waals surface area contributed by atoms with Gasteiger partial charge in [-0.05, 0) is 72.5 Å². The summed E-state index contributed by atoms with van der Waals surface area (Å²) in [6.07, 6.45) is -0.900. The van der Waals surface area contributed by atoms with Crippen LogP contribution in [0.4, 0.5) is 11.4 Å². The number of imide groups is 1. The second-order valence-corrected chi connectivity index (χ2v) is 9.86. The van der Waals surface area contributed by atoms with E-state index in [-0.39, 0.29) is 11.8 Å². The molecule has 6 rings (SSSR count). The molecule has 4 aromatic rings. The van der Waals surface area contributed by atoms with Crippen molar-refractivity contribution in [2.45, 2.75) is 32.6 Å². The van der Waals surface area contributed by atoms with Gasteiger partial charge in [-0.25, -0.2) is 9.96 Å². The van der Waals surface area contributed by atoms with Gasteiger partial charge in [-0.2, -0.15) is 0 Å². The van der Waals surface area contributed by atoms with E-state index in [9.17, 15) is 9.59 Å². The molecule has 0 aliphatic carbocycles. The number of hydrogen-bond acceptors (Lipinski definition) is 5.